The molecule has 0 bridgehead atoms. The molecular formula is C14H19N4O3P. The van der Waals surface area contributed by atoms with Gasteiger partial charge in [-0.1, -0.05) is 30.3 Å². The first-order valence-corrected chi connectivity index (χ1v) is 8.48. The van der Waals surface area contributed by atoms with E-state index in [1.165, 1.54) is 6.20 Å². The minimum absolute atomic E-state index is 0.239. The van der Waals surface area contributed by atoms with Gasteiger partial charge in [0.25, 0.3) is 0 Å². The zero-order chi connectivity index (χ0) is 16.0. The molecule has 0 aliphatic heterocycles. The molecule has 7 nitrogen and oxygen atoms in total. The highest BCUT2D eigenvalue weighted by molar-refractivity contribution is 7.55. The monoisotopic (exact) mass is 322 g/mol. The minimum Gasteiger partial charge on any atom is -0.396 e. The molecule has 0 atom stereocenters. The molecule has 0 saturated carbocycles. The molecule has 3 N–H and O–H groups in total. The maximum Gasteiger partial charge on any atom is 0.432 e. The number of hydrogen-bond acceptors (Lipinski definition) is 6. The van der Waals surface area contributed by atoms with Crippen LogP contribution >= 0.6 is 7.75 Å². The Bertz CT molecular complexity index is 656. The molecule has 0 unspecified atom stereocenters. The Kier molecular flexibility index (Phi) is 5.49. The van der Waals surface area contributed by atoms with Crippen LogP contribution in [0.5, 0.6) is 0 Å². The first-order valence-electron chi connectivity index (χ1n) is 6.93. The Morgan fingerprint density at radius 2 is 1.82 bits per heavy atom. The van der Waals surface area contributed by atoms with Crippen LogP contribution in [-0.2, 0) is 13.6 Å². The van der Waals surface area contributed by atoms with Crippen LogP contribution in [0.4, 0.5) is 11.4 Å². The van der Waals surface area contributed by atoms with Crippen molar-refractivity contribution in [1.29, 1.82) is 0 Å². The number of hydrogen-bond donors (Lipinski definition) is 2. The first kappa shape index (κ1) is 16.4. The summed E-state index contributed by atoms with van der Waals surface area (Å²) in [5.41, 5.74) is 7.94. The minimum atomic E-state index is -3.51. The number of nitrogens with two attached hydrogens (primary N) is 1. The third-order valence-corrected chi connectivity index (χ3v) is 4.47. The summed E-state index contributed by atoms with van der Waals surface area (Å²) in [4.78, 5) is 0. The van der Waals surface area contributed by atoms with Gasteiger partial charge in [0.2, 0.25) is 0 Å². The van der Waals surface area contributed by atoms with E-state index in [1.807, 2.05) is 30.3 Å². The fraction of sp³-hybridized carbons (Fsp3) is 0.286. The number of benzene rings is 1. The van der Waals surface area contributed by atoms with E-state index in [0.717, 1.165) is 5.56 Å². The van der Waals surface area contributed by atoms with Crippen molar-refractivity contribution in [2.45, 2.75) is 13.8 Å². The molecule has 0 saturated heterocycles. The molecule has 1 aromatic carbocycles. The van der Waals surface area contributed by atoms with Gasteiger partial charge in [-0.15, -0.1) is 5.10 Å². The highest BCUT2D eigenvalue weighted by Gasteiger charge is 2.27. The number of nitrogens with zero attached hydrogens (tertiary/aromatic N) is 2. The van der Waals surface area contributed by atoms with Gasteiger partial charge < -0.3 is 5.73 Å². The van der Waals surface area contributed by atoms with Crippen LogP contribution < -0.4 is 10.8 Å². The summed E-state index contributed by atoms with van der Waals surface area (Å²) >= 11 is 0. The largest absolute Gasteiger partial charge is 0.432 e. The first-order chi connectivity index (χ1) is 10.6. The van der Waals surface area contributed by atoms with Gasteiger partial charge in [0.05, 0.1) is 30.8 Å². The second-order valence-corrected chi connectivity index (χ2v) is 6.07. The van der Waals surface area contributed by atoms with Crippen molar-refractivity contribution < 1.29 is 13.6 Å². The summed E-state index contributed by atoms with van der Waals surface area (Å²) in [5, 5.41) is 10.7. The molecule has 0 fully saturated rings. The van der Waals surface area contributed by atoms with Crippen LogP contribution in [0.2, 0.25) is 0 Å². The Morgan fingerprint density at radius 1 is 1.18 bits per heavy atom. The van der Waals surface area contributed by atoms with E-state index < -0.39 is 7.75 Å². The Morgan fingerprint density at radius 3 is 2.41 bits per heavy atom. The van der Waals surface area contributed by atoms with Crippen molar-refractivity contribution in [2.24, 2.45) is 0 Å². The van der Waals surface area contributed by atoms with E-state index >= 15 is 0 Å². The fourth-order valence-electron chi connectivity index (χ4n) is 1.89. The van der Waals surface area contributed by atoms with Gasteiger partial charge in [-0.2, -0.15) is 5.10 Å². The lowest BCUT2D eigenvalue weighted by atomic mass is 10.1. The zero-order valence-electron chi connectivity index (χ0n) is 12.5. The summed E-state index contributed by atoms with van der Waals surface area (Å²) in [6.45, 7) is 3.95. The summed E-state index contributed by atoms with van der Waals surface area (Å²) < 4.78 is 23.1. The lowest BCUT2D eigenvalue weighted by Gasteiger charge is -2.20. The zero-order valence-corrected chi connectivity index (χ0v) is 13.4. The summed E-state index contributed by atoms with van der Waals surface area (Å²) in [6.07, 6.45) is 1.39. The van der Waals surface area contributed by atoms with E-state index in [1.54, 1.807) is 13.8 Å². The normalized spacial score (nSPS) is 11.4. The van der Waals surface area contributed by atoms with Crippen LogP contribution in [-0.4, -0.2) is 23.4 Å². The van der Waals surface area contributed by atoms with Gasteiger partial charge in [-0.3, -0.25) is 14.1 Å². The van der Waals surface area contributed by atoms with Crippen LogP contribution in [0.25, 0.3) is 11.3 Å². The van der Waals surface area contributed by atoms with Crippen LogP contribution in [0.15, 0.2) is 36.5 Å². The highest BCUT2D eigenvalue weighted by atomic mass is 31.2. The van der Waals surface area contributed by atoms with Gasteiger partial charge >= 0.3 is 7.75 Å². The molecule has 0 aliphatic rings. The molecule has 2 aromatic rings. The van der Waals surface area contributed by atoms with Gasteiger partial charge in [-0.25, -0.2) is 4.57 Å². The van der Waals surface area contributed by atoms with E-state index in [0.29, 0.717) is 17.1 Å². The average molecular weight is 322 g/mol. The summed E-state index contributed by atoms with van der Waals surface area (Å²) in [6, 6.07) is 9.35. The molecule has 0 aliphatic carbocycles. The van der Waals surface area contributed by atoms with Crippen molar-refractivity contribution in [3.05, 3.63) is 36.5 Å². The molecule has 0 radical (unpaired) electrons. The number of nitrogens with one attached hydrogen (secondary N) is 1. The molecule has 0 spiro atoms. The van der Waals surface area contributed by atoms with Crippen LogP contribution in [0, 0.1) is 0 Å². The number of rotatable bonds is 7. The Balaban J connectivity index is 2.44. The van der Waals surface area contributed by atoms with Crippen LogP contribution in [0.1, 0.15) is 13.8 Å². The molecule has 118 valence electrons. The molecule has 8 heteroatoms. The second-order valence-electron chi connectivity index (χ2n) is 4.33. The second kappa shape index (κ2) is 7.35. The van der Waals surface area contributed by atoms with Crippen molar-refractivity contribution in [2.75, 3.05) is 24.0 Å². The van der Waals surface area contributed by atoms with Gasteiger partial charge in [-0.05, 0) is 13.8 Å². The number of aromatic nitrogens is 2. The number of nitrogen functional groups attached to an aromatic ring is 1. The fourth-order valence-corrected chi connectivity index (χ4v) is 3.29. The van der Waals surface area contributed by atoms with Gasteiger partial charge in [0.1, 0.15) is 5.69 Å². The van der Waals surface area contributed by atoms with Crippen molar-refractivity contribution in [3.8, 4) is 11.3 Å². The van der Waals surface area contributed by atoms with Gasteiger partial charge in [0.15, 0.2) is 0 Å². The topological polar surface area (TPSA) is 99.4 Å². The van der Waals surface area contributed by atoms with Crippen molar-refractivity contribution in [3.63, 3.8) is 0 Å². The summed E-state index contributed by atoms with van der Waals surface area (Å²) in [7, 11) is -3.51. The number of anilines is 2. The highest BCUT2D eigenvalue weighted by Crippen LogP contribution is 2.50. The van der Waals surface area contributed by atoms with E-state index in [4.69, 9.17) is 14.8 Å². The lowest BCUT2D eigenvalue weighted by Crippen LogP contribution is -2.09. The maximum atomic E-state index is 12.7. The third kappa shape index (κ3) is 3.82. The van der Waals surface area contributed by atoms with E-state index in [-0.39, 0.29) is 13.2 Å². The van der Waals surface area contributed by atoms with Gasteiger partial charge in [0, 0.05) is 5.56 Å². The average Bonchev–Trinajstić information content (AvgIpc) is 2.50. The van der Waals surface area contributed by atoms with Crippen molar-refractivity contribution in [1.82, 2.24) is 10.2 Å². The molecular weight excluding hydrogens is 303 g/mol. The van der Waals surface area contributed by atoms with Crippen LogP contribution in [0.3, 0.4) is 0 Å². The molecule has 2 rings (SSSR count). The quantitative estimate of drug-likeness (QED) is 0.754. The Hall–Kier alpha value is -1.95. The van der Waals surface area contributed by atoms with E-state index in [9.17, 15) is 4.57 Å². The standard InChI is InChI=1S/C14H19N4O3P/c1-3-20-22(19,21-4-2)18-14-12(15)10-16-17-13(14)11-8-6-5-7-9-11/h5-10H,3-4H2,1-2H3,(H2,15,17)(H,16,18,19). The molecule has 1 heterocycles. The predicted molar refractivity (Wildman–Crippen MR) is 86.4 cm³/mol. The third-order valence-electron chi connectivity index (χ3n) is 2.77. The molecule has 1 aromatic heterocycles. The van der Waals surface area contributed by atoms with Crippen molar-refractivity contribution >= 4 is 19.1 Å². The predicted octanol–water partition coefficient (Wildman–Crippen LogP) is 3.32. The maximum absolute atomic E-state index is 12.7. The Labute approximate surface area is 129 Å². The SMILES string of the molecule is CCOP(=O)(Nc1c(N)cnnc1-c1ccccc1)OCC. The molecule has 0 amide bonds. The van der Waals surface area contributed by atoms with E-state index in [2.05, 4.69) is 15.3 Å². The smallest absolute Gasteiger partial charge is 0.396 e. The summed E-state index contributed by atoms with van der Waals surface area (Å²) in [5.74, 6) is 0. The molecule has 22 heavy (non-hydrogen) atoms. The lowest BCUT2D eigenvalue weighted by molar-refractivity contribution is 0.225.